The Hall–Kier alpha value is -1.10. The van der Waals surface area contributed by atoms with Gasteiger partial charge in [0.2, 0.25) is 0 Å². The average Bonchev–Trinajstić information content (AvgIpc) is 2.92. The molecule has 0 aromatic heterocycles. The molecule has 0 atom stereocenters. The van der Waals surface area contributed by atoms with Crippen molar-refractivity contribution < 1.29 is 19.3 Å². The van der Waals surface area contributed by atoms with E-state index in [1.807, 2.05) is 12.1 Å². The molecular formula is C17H24O4. The van der Waals surface area contributed by atoms with E-state index >= 15 is 0 Å². The first-order valence-corrected chi connectivity index (χ1v) is 7.68. The smallest absolute Gasteiger partial charge is 0.168 e. The van der Waals surface area contributed by atoms with Gasteiger partial charge in [-0.1, -0.05) is 17.7 Å². The van der Waals surface area contributed by atoms with E-state index in [-0.39, 0.29) is 0 Å². The van der Waals surface area contributed by atoms with Gasteiger partial charge in [-0.15, -0.1) is 0 Å². The normalized spacial score (nSPS) is 23.4. The zero-order valence-electron chi connectivity index (χ0n) is 12.9. The molecule has 0 bridgehead atoms. The molecule has 1 aliphatic heterocycles. The molecule has 21 heavy (non-hydrogen) atoms. The van der Waals surface area contributed by atoms with Crippen molar-refractivity contribution in [2.24, 2.45) is 0 Å². The Kier molecular flexibility index (Phi) is 3.95. The zero-order valence-corrected chi connectivity index (χ0v) is 12.9. The van der Waals surface area contributed by atoms with Crippen LogP contribution in [-0.4, -0.2) is 36.8 Å². The van der Waals surface area contributed by atoms with Crippen LogP contribution in [0, 0.1) is 6.92 Å². The minimum Gasteiger partial charge on any atom is -0.496 e. The molecule has 1 spiro atoms. The van der Waals surface area contributed by atoms with E-state index in [9.17, 15) is 5.11 Å². The third-order valence-electron chi connectivity index (χ3n) is 4.71. The monoisotopic (exact) mass is 292 g/mol. The first-order valence-electron chi connectivity index (χ1n) is 7.68. The molecule has 1 aliphatic carbocycles. The van der Waals surface area contributed by atoms with Crippen molar-refractivity contribution in [3.63, 3.8) is 0 Å². The highest BCUT2D eigenvalue weighted by atomic mass is 16.7. The third-order valence-corrected chi connectivity index (χ3v) is 4.71. The van der Waals surface area contributed by atoms with Crippen molar-refractivity contribution in [1.82, 2.24) is 0 Å². The first-order chi connectivity index (χ1) is 10.0. The lowest BCUT2D eigenvalue weighted by Gasteiger charge is -2.40. The molecule has 0 unspecified atom stereocenters. The van der Waals surface area contributed by atoms with Crippen molar-refractivity contribution in [2.75, 3.05) is 20.3 Å². The van der Waals surface area contributed by atoms with E-state index in [0.717, 1.165) is 24.2 Å². The summed E-state index contributed by atoms with van der Waals surface area (Å²) < 4.78 is 16.9. The van der Waals surface area contributed by atoms with E-state index < -0.39 is 11.4 Å². The van der Waals surface area contributed by atoms with Crippen LogP contribution in [0.2, 0.25) is 0 Å². The van der Waals surface area contributed by atoms with Gasteiger partial charge in [0, 0.05) is 19.3 Å². The predicted molar refractivity (Wildman–Crippen MR) is 79.5 cm³/mol. The number of hydrogen-bond acceptors (Lipinski definition) is 4. The van der Waals surface area contributed by atoms with Crippen molar-refractivity contribution in [1.29, 1.82) is 0 Å². The molecule has 1 heterocycles. The van der Waals surface area contributed by atoms with Gasteiger partial charge in [-0.25, -0.2) is 0 Å². The summed E-state index contributed by atoms with van der Waals surface area (Å²) >= 11 is 0. The standard InChI is InChI=1S/C17H24O4/c1-13-3-4-15(19-2)14(11-13)12-16(18)5-7-17(8-6-16)20-9-10-21-17/h3-4,11,18H,5-10,12H2,1-2H3. The van der Waals surface area contributed by atoms with Crippen LogP contribution in [0.1, 0.15) is 36.8 Å². The minimum absolute atomic E-state index is 0.428. The van der Waals surface area contributed by atoms with Gasteiger partial charge in [-0.05, 0) is 31.4 Å². The Morgan fingerprint density at radius 2 is 1.81 bits per heavy atom. The molecule has 0 amide bonds. The topological polar surface area (TPSA) is 47.9 Å². The van der Waals surface area contributed by atoms with Crippen LogP contribution in [-0.2, 0) is 15.9 Å². The van der Waals surface area contributed by atoms with E-state index in [4.69, 9.17) is 14.2 Å². The summed E-state index contributed by atoms with van der Waals surface area (Å²) in [6.45, 7) is 3.40. The second-order valence-electron chi connectivity index (χ2n) is 6.32. The van der Waals surface area contributed by atoms with Crippen LogP contribution in [0.3, 0.4) is 0 Å². The Bertz CT molecular complexity index is 496. The van der Waals surface area contributed by atoms with Gasteiger partial charge in [0.25, 0.3) is 0 Å². The van der Waals surface area contributed by atoms with Crippen LogP contribution in [0.15, 0.2) is 18.2 Å². The fourth-order valence-corrected chi connectivity index (χ4v) is 3.46. The van der Waals surface area contributed by atoms with Gasteiger partial charge >= 0.3 is 0 Å². The Labute approximate surface area is 126 Å². The molecule has 1 saturated heterocycles. The highest BCUT2D eigenvalue weighted by molar-refractivity contribution is 5.38. The molecule has 1 aromatic carbocycles. The average molecular weight is 292 g/mol. The van der Waals surface area contributed by atoms with E-state index in [1.54, 1.807) is 7.11 Å². The highest BCUT2D eigenvalue weighted by Crippen LogP contribution is 2.42. The van der Waals surface area contributed by atoms with Crippen molar-refractivity contribution in [3.05, 3.63) is 29.3 Å². The van der Waals surface area contributed by atoms with Gasteiger partial charge in [0.05, 0.1) is 25.9 Å². The van der Waals surface area contributed by atoms with Crippen LogP contribution < -0.4 is 4.74 Å². The number of rotatable bonds is 3. The van der Waals surface area contributed by atoms with Gasteiger partial charge < -0.3 is 19.3 Å². The van der Waals surface area contributed by atoms with Gasteiger partial charge in [0.15, 0.2) is 5.79 Å². The Morgan fingerprint density at radius 1 is 1.14 bits per heavy atom. The number of hydrogen-bond donors (Lipinski definition) is 1. The van der Waals surface area contributed by atoms with Crippen molar-refractivity contribution >= 4 is 0 Å². The van der Waals surface area contributed by atoms with E-state index in [0.29, 0.717) is 32.5 Å². The van der Waals surface area contributed by atoms with E-state index in [1.165, 1.54) is 5.56 Å². The number of ether oxygens (including phenoxy) is 3. The Balaban J connectivity index is 1.71. The third kappa shape index (κ3) is 3.07. The molecule has 2 fully saturated rings. The molecule has 1 N–H and O–H groups in total. The number of aliphatic hydroxyl groups is 1. The second-order valence-corrected chi connectivity index (χ2v) is 6.32. The summed E-state index contributed by atoms with van der Waals surface area (Å²) in [6.07, 6.45) is 3.54. The van der Waals surface area contributed by atoms with E-state index in [2.05, 4.69) is 13.0 Å². The highest BCUT2D eigenvalue weighted by Gasteiger charge is 2.45. The molecule has 0 radical (unpaired) electrons. The van der Waals surface area contributed by atoms with Crippen LogP contribution >= 0.6 is 0 Å². The maximum Gasteiger partial charge on any atom is 0.168 e. The second kappa shape index (κ2) is 5.59. The Morgan fingerprint density at radius 3 is 2.43 bits per heavy atom. The maximum atomic E-state index is 10.9. The lowest BCUT2D eigenvalue weighted by Crippen LogP contribution is -2.44. The summed E-state index contributed by atoms with van der Waals surface area (Å²) in [5, 5.41) is 10.9. The lowest BCUT2D eigenvalue weighted by atomic mass is 9.77. The zero-order chi connectivity index (χ0) is 14.9. The molecule has 1 aromatic rings. The lowest BCUT2D eigenvalue weighted by molar-refractivity contribution is -0.202. The molecule has 3 rings (SSSR count). The first kappa shape index (κ1) is 14.8. The molecule has 116 valence electrons. The summed E-state index contributed by atoms with van der Waals surface area (Å²) in [7, 11) is 1.67. The molecule has 1 saturated carbocycles. The fourth-order valence-electron chi connectivity index (χ4n) is 3.46. The van der Waals surface area contributed by atoms with Gasteiger partial charge in [-0.3, -0.25) is 0 Å². The summed E-state index contributed by atoms with van der Waals surface area (Å²) in [5.41, 5.74) is 1.56. The summed E-state index contributed by atoms with van der Waals surface area (Å²) in [5.74, 6) is 0.422. The predicted octanol–water partition coefficient (Wildman–Crippen LogP) is 2.59. The molecule has 2 aliphatic rings. The molecule has 4 heteroatoms. The van der Waals surface area contributed by atoms with Crippen LogP contribution in [0.5, 0.6) is 5.75 Å². The number of methoxy groups -OCH3 is 1. The van der Waals surface area contributed by atoms with Crippen molar-refractivity contribution in [2.45, 2.75) is 50.4 Å². The molecular weight excluding hydrogens is 268 g/mol. The van der Waals surface area contributed by atoms with Crippen LogP contribution in [0.4, 0.5) is 0 Å². The van der Waals surface area contributed by atoms with Crippen LogP contribution in [0.25, 0.3) is 0 Å². The molecule has 4 nitrogen and oxygen atoms in total. The number of benzene rings is 1. The fraction of sp³-hybridized carbons (Fsp3) is 0.647. The maximum absolute atomic E-state index is 10.9. The van der Waals surface area contributed by atoms with Gasteiger partial charge in [-0.2, -0.15) is 0 Å². The van der Waals surface area contributed by atoms with Gasteiger partial charge in [0.1, 0.15) is 5.75 Å². The number of aryl methyl sites for hydroxylation is 1. The SMILES string of the molecule is COc1ccc(C)cc1CC1(O)CCC2(CC1)OCCO2. The summed E-state index contributed by atoms with van der Waals surface area (Å²) in [4.78, 5) is 0. The summed E-state index contributed by atoms with van der Waals surface area (Å²) in [6, 6.07) is 6.10. The quantitative estimate of drug-likeness (QED) is 0.930. The largest absolute Gasteiger partial charge is 0.496 e. The van der Waals surface area contributed by atoms with Crippen molar-refractivity contribution in [3.8, 4) is 5.75 Å². The minimum atomic E-state index is -0.693.